The fourth-order valence-corrected chi connectivity index (χ4v) is 3.86. The molecule has 0 aliphatic carbocycles. The molecule has 0 unspecified atom stereocenters. The Morgan fingerprint density at radius 3 is 2.31 bits per heavy atom. The molecule has 2 aromatic carbocycles. The van der Waals surface area contributed by atoms with E-state index in [-0.39, 0.29) is 17.0 Å². The van der Waals surface area contributed by atoms with E-state index in [1.165, 1.54) is 7.05 Å². The molecule has 0 fully saturated rings. The summed E-state index contributed by atoms with van der Waals surface area (Å²) in [5.74, 6) is -1.06. The monoisotopic (exact) mass is 429 g/mol. The predicted octanol–water partition coefficient (Wildman–Crippen LogP) is 3.69. The summed E-state index contributed by atoms with van der Waals surface area (Å²) >= 11 is 0. The number of aromatic nitrogens is 3. The van der Waals surface area contributed by atoms with Crippen molar-refractivity contribution < 1.29 is 14.3 Å². The van der Waals surface area contributed by atoms with Gasteiger partial charge in [-0.25, -0.2) is 9.48 Å². The number of carbonyl (C=O) groups is 2. The molecule has 4 aromatic rings. The molecule has 0 spiro atoms. The van der Waals surface area contributed by atoms with E-state index in [9.17, 15) is 14.4 Å². The largest absolute Gasteiger partial charge is 0.452 e. The van der Waals surface area contributed by atoms with Gasteiger partial charge in [-0.3, -0.25) is 9.59 Å². The van der Waals surface area contributed by atoms with E-state index in [2.05, 4.69) is 5.10 Å². The van der Waals surface area contributed by atoms with Crippen molar-refractivity contribution in [1.29, 1.82) is 0 Å². The zero-order chi connectivity index (χ0) is 23.0. The first kappa shape index (κ1) is 21.2. The Morgan fingerprint density at radius 1 is 0.969 bits per heavy atom. The molecular weight excluding hydrogens is 406 g/mol. The molecular formula is C25H23N3O4. The number of benzene rings is 2. The third-order valence-corrected chi connectivity index (χ3v) is 5.51. The lowest BCUT2D eigenvalue weighted by atomic mass is 10.1. The summed E-state index contributed by atoms with van der Waals surface area (Å²) in [6.07, 6.45) is 0. The van der Waals surface area contributed by atoms with Crippen LogP contribution in [0, 0.1) is 20.8 Å². The number of nitrogens with zero attached hydrogens (tertiary/aromatic N) is 3. The molecule has 0 N–H and O–H groups in total. The van der Waals surface area contributed by atoms with Crippen LogP contribution in [-0.2, 0) is 11.8 Å². The third-order valence-electron chi connectivity index (χ3n) is 5.51. The van der Waals surface area contributed by atoms with Crippen LogP contribution in [0.1, 0.15) is 37.8 Å². The number of aryl methyl sites for hydroxylation is 3. The second-order valence-corrected chi connectivity index (χ2v) is 7.78. The molecule has 162 valence electrons. The molecule has 2 heterocycles. The van der Waals surface area contributed by atoms with Gasteiger partial charge in [0.1, 0.15) is 0 Å². The highest BCUT2D eigenvalue weighted by molar-refractivity contribution is 6.04. The van der Waals surface area contributed by atoms with E-state index in [1.807, 2.05) is 49.6 Å². The topological polar surface area (TPSA) is 83.2 Å². The highest BCUT2D eigenvalue weighted by atomic mass is 16.5. The average Bonchev–Trinajstić information content (AvgIpc) is 3.09. The van der Waals surface area contributed by atoms with Crippen LogP contribution in [0.4, 0.5) is 0 Å². The zero-order valence-electron chi connectivity index (χ0n) is 18.4. The van der Waals surface area contributed by atoms with E-state index in [1.54, 1.807) is 30.3 Å². The van der Waals surface area contributed by atoms with E-state index >= 15 is 0 Å². The second kappa shape index (κ2) is 8.26. The van der Waals surface area contributed by atoms with Gasteiger partial charge in [0.05, 0.1) is 5.39 Å². The van der Waals surface area contributed by atoms with Gasteiger partial charge in [0, 0.05) is 35.1 Å². The SMILES string of the molecule is Cc1ccc(-n2c(C)cc(C(=O)COC(=O)c3nn(C)c(=O)c4ccccc34)c2C)cc1. The molecule has 32 heavy (non-hydrogen) atoms. The van der Waals surface area contributed by atoms with E-state index in [4.69, 9.17) is 4.74 Å². The third kappa shape index (κ3) is 3.73. The maximum atomic E-state index is 12.9. The van der Waals surface area contributed by atoms with Gasteiger partial charge >= 0.3 is 5.97 Å². The highest BCUT2D eigenvalue weighted by Crippen LogP contribution is 2.22. The summed E-state index contributed by atoms with van der Waals surface area (Å²) < 4.78 is 8.39. The Kier molecular flexibility index (Phi) is 5.48. The molecule has 0 aliphatic heterocycles. The van der Waals surface area contributed by atoms with Crippen LogP contribution < -0.4 is 5.56 Å². The van der Waals surface area contributed by atoms with Crippen molar-refractivity contribution in [2.24, 2.45) is 7.05 Å². The van der Waals surface area contributed by atoms with Gasteiger partial charge < -0.3 is 9.30 Å². The predicted molar refractivity (Wildman–Crippen MR) is 122 cm³/mol. The van der Waals surface area contributed by atoms with Crippen molar-refractivity contribution in [2.45, 2.75) is 20.8 Å². The van der Waals surface area contributed by atoms with Crippen LogP contribution in [0.3, 0.4) is 0 Å². The van der Waals surface area contributed by atoms with Crippen molar-refractivity contribution in [2.75, 3.05) is 6.61 Å². The van der Waals surface area contributed by atoms with Crippen LogP contribution in [0.25, 0.3) is 16.5 Å². The molecule has 4 rings (SSSR count). The number of fused-ring (bicyclic) bond motifs is 1. The Hall–Kier alpha value is -4.00. The van der Waals surface area contributed by atoms with Crippen LogP contribution in [-0.4, -0.2) is 32.7 Å². The van der Waals surface area contributed by atoms with Crippen LogP contribution in [0.5, 0.6) is 0 Å². The van der Waals surface area contributed by atoms with Crippen LogP contribution in [0.2, 0.25) is 0 Å². The number of Topliss-reactive ketones (excluding diaryl/α,β-unsaturated/α-hetero) is 1. The summed E-state index contributed by atoms with van der Waals surface area (Å²) in [6, 6.07) is 16.5. The first-order chi connectivity index (χ1) is 15.3. The minimum absolute atomic E-state index is 0.000582. The Bertz CT molecular complexity index is 1410. The maximum absolute atomic E-state index is 12.9. The van der Waals surface area contributed by atoms with Crippen molar-refractivity contribution >= 4 is 22.5 Å². The molecule has 0 saturated carbocycles. The van der Waals surface area contributed by atoms with Crippen LogP contribution in [0.15, 0.2) is 59.4 Å². The van der Waals surface area contributed by atoms with Crippen molar-refractivity contribution in [1.82, 2.24) is 14.3 Å². The molecule has 0 aliphatic rings. The normalized spacial score (nSPS) is 11.0. The summed E-state index contributed by atoms with van der Waals surface area (Å²) in [6.45, 7) is 5.39. The molecule has 0 atom stereocenters. The molecule has 7 nitrogen and oxygen atoms in total. The number of carbonyl (C=O) groups excluding carboxylic acids is 2. The smallest absolute Gasteiger partial charge is 0.359 e. The molecule has 0 amide bonds. The summed E-state index contributed by atoms with van der Waals surface area (Å²) in [5, 5.41) is 4.81. The zero-order valence-corrected chi connectivity index (χ0v) is 18.4. The van der Waals surface area contributed by atoms with Crippen LogP contribution >= 0.6 is 0 Å². The fraction of sp³-hybridized carbons (Fsp3) is 0.200. The maximum Gasteiger partial charge on any atom is 0.359 e. The lowest BCUT2D eigenvalue weighted by Crippen LogP contribution is -2.24. The van der Waals surface area contributed by atoms with Gasteiger partial charge in [-0.2, -0.15) is 5.10 Å². The van der Waals surface area contributed by atoms with Gasteiger partial charge in [0.25, 0.3) is 5.56 Å². The number of ketones is 1. The van der Waals surface area contributed by atoms with Crippen molar-refractivity contribution in [3.05, 3.63) is 93.2 Å². The van der Waals surface area contributed by atoms with E-state index in [0.29, 0.717) is 16.3 Å². The lowest BCUT2D eigenvalue weighted by molar-refractivity contribution is 0.0468. The number of rotatable bonds is 5. The highest BCUT2D eigenvalue weighted by Gasteiger charge is 2.21. The van der Waals surface area contributed by atoms with Gasteiger partial charge in [0.2, 0.25) is 5.78 Å². The number of hydrogen-bond acceptors (Lipinski definition) is 5. The average molecular weight is 429 g/mol. The standard InChI is InChI=1S/C25H23N3O4/c1-15-9-11-18(12-10-15)28-16(2)13-21(17(28)3)22(29)14-32-25(31)23-19-7-5-6-8-20(19)24(30)27(4)26-23/h5-13H,14H2,1-4H3. The molecule has 0 bridgehead atoms. The fourth-order valence-electron chi connectivity index (χ4n) is 3.86. The first-order valence-electron chi connectivity index (χ1n) is 10.2. The number of esters is 1. The quantitative estimate of drug-likeness (QED) is 0.357. The summed E-state index contributed by atoms with van der Waals surface area (Å²) in [7, 11) is 1.47. The van der Waals surface area contributed by atoms with Gasteiger partial charge in [-0.05, 0) is 45.0 Å². The Morgan fingerprint density at radius 2 is 1.62 bits per heavy atom. The van der Waals surface area contributed by atoms with Crippen molar-refractivity contribution in [3.63, 3.8) is 0 Å². The summed E-state index contributed by atoms with van der Waals surface area (Å²) in [5.41, 5.74) is 3.98. The van der Waals surface area contributed by atoms with Crippen molar-refractivity contribution in [3.8, 4) is 5.69 Å². The molecule has 7 heteroatoms. The minimum Gasteiger partial charge on any atom is -0.452 e. The minimum atomic E-state index is -0.752. The molecule has 2 aromatic heterocycles. The second-order valence-electron chi connectivity index (χ2n) is 7.78. The lowest BCUT2D eigenvalue weighted by Gasteiger charge is -2.10. The summed E-state index contributed by atoms with van der Waals surface area (Å²) in [4.78, 5) is 37.8. The van der Waals surface area contributed by atoms with Gasteiger partial charge in [-0.1, -0.05) is 35.9 Å². The van der Waals surface area contributed by atoms with Gasteiger partial charge in [0.15, 0.2) is 12.3 Å². The molecule has 0 radical (unpaired) electrons. The Labute approximate surface area is 184 Å². The molecule has 0 saturated heterocycles. The van der Waals surface area contributed by atoms with Gasteiger partial charge in [-0.15, -0.1) is 0 Å². The number of ether oxygens (including phenoxy) is 1. The van der Waals surface area contributed by atoms with E-state index in [0.717, 1.165) is 27.3 Å². The van der Waals surface area contributed by atoms with E-state index < -0.39 is 12.6 Å². The first-order valence-corrected chi connectivity index (χ1v) is 10.2. The number of hydrogen-bond donors (Lipinski definition) is 0. The Balaban J connectivity index is 1.58.